The highest BCUT2D eigenvalue weighted by atomic mass is 32.2. The Kier molecular flexibility index (Phi) is 4.21. The van der Waals surface area contributed by atoms with Crippen LogP contribution < -0.4 is 5.56 Å². The molecule has 25 heavy (non-hydrogen) atoms. The van der Waals surface area contributed by atoms with Crippen LogP contribution in [0.2, 0.25) is 0 Å². The molecule has 0 N–H and O–H groups in total. The SMILES string of the molecule is Cn1c(SCC(=O)c2cccc(F)c2)nc2sc3c(c2c1=O)CCC3. The smallest absolute Gasteiger partial charge is 0.262 e. The molecular weight excluding hydrogens is 359 g/mol. The molecule has 0 bridgehead atoms. The third-order valence-corrected chi connectivity index (χ3v) is 6.60. The van der Waals surface area contributed by atoms with Gasteiger partial charge in [0.1, 0.15) is 10.6 Å². The number of ketones is 1. The van der Waals surface area contributed by atoms with Crippen LogP contribution in [0.3, 0.4) is 0 Å². The molecule has 4 nitrogen and oxygen atoms in total. The topological polar surface area (TPSA) is 52.0 Å². The molecule has 7 heteroatoms. The van der Waals surface area contributed by atoms with E-state index in [1.807, 2.05) is 0 Å². The van der Waals surface area contributed by atoms with Crippen LogP contribution in [0.4, 0.5) is 4.39 Å². The Labute approximate surface area is 151 Å². The number of nitrogens with zero attached hydrogens (tertiary/aromatic N) is 2. The van der Waals surface area contributed by atoms with Crippen molar-refractivity contribution < 1.29 is 9.18 Å². The van der Waals surface area contributed by atoms with Gasteiger partial charge in [-0.3, -0.25) is 14.2 Å². The minimum Gasteiger partial charge on any atom is -0.293 e. The van der Waals surface area contributed by atoms with Gasteiger partial charge in [0.05, 0.1) is 11.1 Å². The van der Waals surface area contributed by atoms with E-state index in [9.17, 15) is 14.0 Å². The van der Waals surface area contributed by atoms with Gasteiger partial charge >= 0.3 is 0 Å². The maximum absolute atomic E-state index is 13.2. The lowest BCUT2D eigenvalue weighted by atomic mass is 10.1. The molecule has 0 spiro atoms. The number of carbonyl (C=O) groups excluding carboxylic acids is 1. The number of carbonyl (C=O) groups is 1. The standard InChI is InChI=1S/C18H15FN2O2S2/c1-21-17(23)15-12-6-3-7-14(12)25-16(15)20-18(21)24-9-13(22)10-4-2-5-11(19)8-10/h2,4-5,8H,3,6-7,9H2,1H3. The van der Waals surface area contributed by atoms with E-state index < -0.39 is 5.82 Å². The zero-order valence-corrected chi connectivity index (χ0v) is 15.2. The van der Waals surface area contributed by atoms with Crippen LogP contribution in [0.1, 0.15) is 27.2 Å². The van der Waals surface area contributed by atoms with Crippen molar-refractivity contribution in [2.45, 2.75) is 24.4 Å². The summed E-state index contributed by atoms with van der Waals surface area (Å²) in [5, 5.41) is 1.25. The lowest BCUT2D eigenvalue weighted by molar-refractivity contribution is 0.102. The predicted octanol–water partition coefficient (Wildman–Crippen LogP) is 3.60. The van der Waals surface area contributed by atoms with Gasteiger partial charge < -0.3 is 0 Å². The Hall–Kier alpha value is -1.99. The highest BCUT2D eigenvalue weighted by molar-refractivity contribution is 7.99. The average molecular weight is 374 g/mol. The van der Waals surface area contributed by atoms with Crippen molar-refractivity contribution in [2.75, 3.05) is 5.75 Å². The number of benzene rings is 1. The quantitative estimate of drug-likeness (QED) is 0.398. The van der Waals surface area contributed by atoms with Gasteiger partial charge in [-0.05, 0) is 37.0 Å². The van der Waals surface area contributed by atoms with Crippen LogP contribution in [-0.2, 0) is 19.9 Å². The van der Waals surface area contributed by atoms with E-state index in [1.54, 1.807) is 24.5 Å². The van der Waals surface area contributed by atoms with Crippen LogP contribution in [0.5, 0.6) is 0 Å². The Morgan fingerprint density at radius 2 is 2.24 bits per heavy atom. The number of fused-ring (bicyclic) bond motifs is 3. The van der Waals surface area contributed by atoms with Gasteiger partial charge in [-0.2, -0.15) is 0 Å². The minimum atomic E-state index is -0.434. The fourth-order valence-corrected chi connectivity index (χ4v) is 5.28. The number of rotatable bonds is 4. The highest BCUT2D eigenvalue weighted by Gasteiger charge is 2.22. The molecule has 2 aromatic heterocycles. The first-order chi connectivity index (χ1) is 12.0. The first-order valence-corrected chi connectivity index (χ1v) is 9.77. The van der Waals surface area contributed by atoms with Crippen LogP contribution in [0.25, 0.3) is 10.2 Å². The van der Waals surface area contributed by atoms with Gasteiger partial charge in [0.25, 0.3) is 5.56 Å². The fraction of sp³-hybridized carbons (Fsp3) is 0.278. The van der Waals surface area contributed by atoms with E-state index in [-0.39, 0.29) is 17.1 Å². The second-order valence-electron chi connectivity index (χ2n) is 6.02. The lowest BCUT2D eigenvalue weighted by Gasteiger charge is -2.07. The number of hydrogen-bond donors (Lipinski definition) is 0. The summed E-state index contributed by atoms with van der Waals surface area (Å²) >= 11 is 2.80. The molecule has 0 aliphatic heterocycles. The first-order valence-electron chi connectivity index (χ1n) is 7.97. The molecule has 1 aliphatic rings. The summed E-state index contributed by atoms with van der Waals surface area (Å²) in [5.74, 6) is -0.510. The second-order valence-corrected chi connectivity index (χ2v) is 8.04. The summed E-state index contributed by atoms with van der Waals surface area (Å²) in [4.78, 5) is 31.6. The number of aromatic nitrogens is 2. The fourth-order valence-electron chi connectivity index (χ4n) is 3.11. The van der Waals surface area contributed by atoms with Gasteiger partial charge in [-0.1, -0.05) is 23.9 Å². The summed E-state index contributed by atoms with van der Waals surface area (Å²) in [6, 6.07) is 5.63. The van der Waals surface area contributed by atoms with Crippen LogP contribution >= 0.6 is 23.1 Å². The molecule has 1 aromatic carbocycles. The number of halogens is 1. The molecule has 0 unspecified atom stereocenters. The molecule has 0 fully saturated rings. The Morgan fingerprint density at radius 1 is 1.40 bits per heavy atom. The maximum atomic E-state index is 13.2. The van der Waals surface area contributed by atoms with E-state index >= 15 is 0 Å². The Bertz CT molecular complexity index is 1060. The molecule has 0 amide bonds. The highest BCUT2D eigenvalue weighted by Crippen LogP contribution is 2.35. The lowest BCUT2D eigenvalue weighted by Crippen LogP contribution is -2.20. The van der Waals surface area contributed by atoms with Crippen molar-refractivity contribution in [1.29, 1.82) is 0 Å². The van der Waals surface area contributed by atoms with Gasteiger partial charge in [0.2, 0.25) is 0 Å². The van der Waals surface area contributed by atoms with Crippen molar-refractivity contribution in [3.05, 3.63) is 56.4 Å². The number of thiophene rings is 1. The number of thioether (sulfide) groups is 1. The third-order valence-electron chi connectivity index (χ3n) is 4.38. The molecule has 0 saturated heterocycles. The maximum Gasteiger partial charge on any atom is 0.262 e. The summed E-state index contributed by atoms with van der Waals surface area (Å²) < 4.78 is 14.8. The van der Waals surface area contributed by atoms with Crippen molar-refractivity contribution in [1.82, 2.24) is 9.55 Å². The van der Waals surface area contributed by atoms with Crippen molar-refractivity contribution in [2.24, 2.45) is 7.05 Å². The largest absolute Gasteiger partial charge is 0.293 e. The van der Waals surface area contributed by atoms with E-state index in [0.717, 1.165) is 35.0 Å². The third kappa shape index (κ3) is 2.91. The van der Waals surface area contributed by atoms with Crippen LogP contribution in [0.15, 0.2) is 34.2 Å². The van der Waals surface area contributed by atoms with Crippen LogP contribution in [0, 0.1) is 5.82 Å². The second kappa shape index (κ2) is 6.38. The number of aryl methyl sites for hydroxylation is 2. The molecule has 0 radical (unpaired) electrons. The number of Topliss-reactive ketones (excluding diaryl/α,β-unsaturated/α-hetero) is 1. The molecular formula is C18H15FN2O2S2. The molecule has 0 saturated carbocycles. The molecule has 128 valence electrons. The van der Waals surface area contributed by atoms with E-state index in [1.165, 1.54) is 39.4 Å². The molecule has 1 aliphatic carbocycles. The summed E-state index contributed by atoms with van der Waals surface area (Å²) in [5.41, 5.74) is 1.43. The van der Waals surface area contributed by atoms with Gasteiger partial charge in [-0.25, -0.2) is 9.37 Å². The summed E-state index contributed by atoms with van der Waals surface area (Å²) in [7, 11) is 1.68. The first kappa shape index (κ1) is 16.5. The number of hydrogen-bond acceptors (Lipinski definition) is 5. The zero-order chi connectivity index (χ0) is 17.6. The summed E-state index contributed by atoms with van der Waals surface area (Å²) in [6.45, 7) is 0. The van der Waals surface area contributed by atoms with Crippen molar-refractivity contribution in [3.63, 3.8) is 0 Å². The minimum absolute atomic E-state index is 0.0508. The van der Waals surface area contributed by atoms with E-state index in [2.05, 4.69) is 4.98 Å². The van der Waals surface area contributed by atoms with Gasteiger partial charge in [0.15, 0.2) is 10.9 Å². The Balaban J connectivity index is 1.63. The van der Waals surface area contributed by atoms with Crippen LogP contribution in [-0.4, -0.2) is 21.1 Å². The molecule has 0 atom stereocenters. The monoisotopic (exact) mass is 374 g/mol. The summed E-state index contributed by atoms with van der Waals surface area (Å²) in [6.07, 6.45) is 3.05. The van der Waals surface area contributed by atoms with Gasteiger partial charge in [-0.15, -0.1) is 11.3 Å². The normalized spacial score (nSPS) is 13.4. The van der Waals surface area contributed by atoms with Crippen molar-refractivity contribution in [3.8, 4) is 0 Å². The molecule has 3 aromatic rings. The van der Waals surface area contributed by atoms with Crippen molar-refractivity contribution >= 4 is 39.1 Å². The van der Waals surface area contributed by atoms with Gasteiger partial charge in [0, 0.05) is 17.5 Å². The van der Waals surface area contributed by atoms with E-state index in [4.69, 9.17) is 0 Å². The zero-order valence-electron chi connectivity index (χ0n) is 13.5. The Morgan fingerprint density at radius 3 is 3.04 bits per heavy atom. The molecule has 4 rings (SSSR count). The average Bonchev–Trinajstić information content (AvgIpc) is 3.17. The van der Waals surface area contributed by atoms with E-state index in [0.29, 0.717) is 10.7 Å². The predicted molar refractivity (Wildman–Crippen MR) is 98.3 cm³/mol. The molecule has 2 heterocycles.